The number of methoxy groups -OCH3 is 1. The van der Waals surface area contributed by atoms with Gasteiger partial charge in [0.1, 0.15) is 18.2 Å². The standard InChI is InChI=1S/C21H24F3N3O3/c1-29-18-4-2-3-15(11-18)13-30-14-20(28)26-17-7-9-27(10-8-17)19-6-5-16(12-25-19)21(22,23)24/h2-6,11-12,17H,7-10,13-14H2,1H3,(H,26,28). The molecule has 9 heteroatoms. The Morgan fingerprint density at radius 2 is 2.00 bits per heavy atom. The summed E-state index contributed by atoms with van der Waals surface area (Å²) in [6.45, 7) is 1.47. The number of halogens is 3. The van der Waals surface area contributed by atoms with Gasteiger partial charge in [0, 0.05) is 25.3 Å². The van der Waals surface area contributed by atoms with E-state index in [1.165, 1.54) is 6.07 Å². The molecule has 0 bridgehead atoms. The molecule has 1 amide bonds. The minimum Gasteiger partial charge on any atom is -0.497 e. The highest BCUT2D eigenvalue weighted by Crippen LogP contribution is 2.29. The molecule has 0 aliphatic carbocycles. The molecule has 1 N–H and O–H groups in total. The number of benzene rings is 1. The first kappa shape index (κ1) is 21.9. The van der Waals surface area contributed by atoms with Crippen LogP contribution in [0.5, 0.6) is 5.75 Å². The number of piperidine rings is 1. The van der Waals surface area contributed by atoms with Crippen LogP contribution < -0.4 is 15.0 Å². The second-order valence-electron chi connectivity index (χ2n) is 7.08. The van der Waals surface area contributed by atoms with Crippen LogP contribution in [-0.4, -0.2) is 43.7 Å². The summed E-state index contributed by atoms with van der Waals surface area (Å²) in [6.07, 6.45) is -2.17. The molecule has 1 aliphatic rings. The van der Waals surface area contributed by atoms with E-state index in [-0.39, 0.29) is 18.6 Å². The average Bonchev–Trinajstić information content (AvgIpc) is 2.74. The van der Waals surface area contributed by atoms with Crippen molar-refractivity contribution in [3.8, 4) is 5.75 Å². The van der Waals surface area contributed by atoms with E-state index in [2.05, 4.69) is 10.3 Å². The Morgan fingerprint density at radius 1 is 1.23 bits per heavy atom. The van der Waals surface area contributed by atoms with Crippen LogP contribution in [0.25, 0.3) is 0 Å². The van der Waals surface area contributed by atoms with Gasteiger partial charge in [0.2, 0.25) is 5.91 Å². The molecule has 0 atom stereocenters. The van der Waals surface area contributed by atoms with Crippen LogP contribution >= 0.6 is 0 Å². The van der Waals surface area contributed by atoms with Crippen molar-refractivity contribution in [1.82, 2.24) is 10.3 Å². The van der Waals surface area contributed by atoms with Gasteiger partial charge in [-0.25, -0.2) is 4.98 Å². The molecule has 6 nitrogen and oxygen atoms in total. The Balaban J connectivity index is 1.39. The van der Waals surface area contributed by atoms with Crippen LogP contribution in [0.1, 0.15) is 24.0 Å². The molecular weight excluding hydrogens is 399 g/mol. The zero-order chi connectivity index (χ0) is 21.6. The van der Waals surface area contributed by atoms with Crippen LogP contribution in [0.15, 0.2) is 42.6 Å². The Hall–Kier alpha value is -2.81. The summed E-state index contributed by atoms with van der Waals surface area (Å²) in [4.78, 5) is 18.0. The summed E-state index contributed by atoms with van der Waals surface area (Å²) in [7, 11) is 1.59. The number of pyridine rings is 1. The molecule has 1 saturated heterocycles. The Labute approximate surface area is 173 Å². The van der Waals surface area contributed by atoms with Gasteiger partial charge in [-0.2, -0.15) is 13.2 Å². The van der Waals surface area contributed by atoms with Crippen LogP contribution in [0.2, 0.25) is 0 Å². The molecular formula is C21H24F3N3O3. The van der Waals surface area contributed by atoms with Crippen molar-refractivity contribution >= 4 is 11.7 Å². The van der Waals surface area contributed by atoms with Gasteiger partial charge < -0.3 is 19.7 Å². The van der Waals surface area contributed by atoms with Gasteiger partial charge in [-0.1, -0.05) is 12.1 Å². The number of nitrogens with one attached hydrogen (secondary N) is 1. The Morgan fingerprint density at radius 3 is 2.63 bits per heavy atom. The van der Waals surface area contributed by atoms with Gasteiger partial charge >= 0.3 is 6.18 Å². The fourth-order valence-electron chi connectivity index (χ4n) is 3.29. The van der Waals surface area contributed by atoms with Gasteiger partial charge in [0.15, 0.2) is 0 Å². The fraction of sp³-hybridized carbons (Fsp3) is 0.429. The number of hydrogen-bond donors (Lipinski definition) is 1. The summed E-state index contributed by atoms with van der Waals surface area (Å²) in [5.74, 6) is 1.05. The van der Waals surface area contributed by atoms with Crippen molar-refractivity contribution in [3.05, 3.63) is 53.7 Å². The van der Waals surface area contributed by atoms with Crippen LogP contribution in [-0.2, 0) is 22.3 Å². The Bertz CT molecular complexity index is 835. The molecule has 162 valence electrons. The summed E-state index contributed by atoms with van der Waals surface area (Å²) < 4.78 is 48.6. The van der Waals surface area contributed by atoms with Crippen molar-refractivity contribution in [2.75, 3.05) is 31.7 Å². The van der Waals surface area contributed by atoms with E-state index < -0.39 is 11.7 Å². The Kier molecular flexibility index (Phi) is 7.15. The van der Waals surface area contributed by atoms with Gasteiger partial charge in [-0.05, 0) is 42.7 Å². The first-order valence-electron chi connectivity index (χ1n) is 9.63. The highest BCUT2D eigenvalue weighted by molar-refractivity contribution is 5.77. The molecule has 30 heavy (non-hydrogen) atoms. The lowest BCUT2D eigenvalue weighted by Crippen LogP contribution is -2.45. The van der Waals surface area contributed by atoms with E-state index in [0.717, 1.165) is 23.6 Å². The van der Waals surface area contributed by atoms with Crippen molar-refractivity contribution in [3.63, 3.8) is 0 Å². The van der Waals surface area contributed by atoms with E-state index in [9.17, 15) is 18.0 Å². The lowest BCUT2D eigenvalue weighted by molar-refractivity contribution is -0.137. The molecule has 1 aromatic carbocycles. The number of amides is 1. The minimum atomic E-state index is -4.39. The normalized spacial score (nSPS) is 15.1. The molecule has 3 rings (SSSR count). The van der Waals surface area contributed by atoms with E-state index in [1.54, 1.807) is 7.11 Å². The third-order valence-electron chi connectivity index (χ3n) is 4.90. The predicted octanol–water partition coefficient (Wildman–Crippen LogP) is 3.41. The maximum Gasteiger partial charge on any atom is 0.417 e. The molecule has 0 spiro atoms. The lowest BCUT2D eigenvalue weighted by Gasteiger charge is -2.33. The SMILES string of the molecule is COc1cccc(COCC(=O)NC2CCN(c3ccc(C(F)(F)F)cn3)CC2)c1. The van der Waals surface area contributed by atoms with Crippen molar-refractivity contribution in [1.29, 1.82) is 0 Å². The maximum absolute atomic E-state index is 12.6. The smallest absolute Gasteiger partial charge is 0.417 e. The molecule has 1 fully saturated rings. The highest BCUT2D eigenvalue weighted by Gasteiger charge is 2.31. The average molecular weight is 423 g/mol. The monoisotopic (exact) mass is 423 g/mol. The van der Waals surface area contributed by atoms with E-state index in [1.807, 2.05) is 29.2 Å². The zero-order valence-corrected chi connectivity index (χ0v) is 16.6. The summed E-state index contributed by atoms with van der Waals surface area (Å²) in [5.41, 5.74) is 0.154. The number of rotatable bonds is 7. The van der Waals surface area contributed by atoms with E-state index >= 15 is 0 Å². The fourth-order valence-corrected chi connectivity index (χ4v) is 3.29. The molecule has 2 aromatic rings. The van der Waals surface area contributed by atoms with Crippen molar-refractivity contribution in [2.24, 2.45) is 0 Å². The molecule has 0 unspecified atom stereocenters. The summed E-state index contributed by atoms with van der Waals surface area (Å²) in [5, 5.41) is 2.94. The van der Waals surface area contributed by atoms with Crippen LogP contribution in [0, 0.1) is 0 Å². The zero-order valence-electron chi connectivity index (χ0n) is 16.6. The number of aromatic nitrogens is 1. The summed E-state index contributed by atoms with van der Waals surface area (Å²) >= 11 is 0. The van der Waals surface area contributed by atoms with Gasteiger partial charge in [-0.15, -0.1) is 0 Å². The number of alkyl halides is 3. The van der Waals surface area contributed by atoms with Gasteiger partial charge in [0.05, 0.1) is 19.3 Å². The topological polar surface area (TPSA) is 63.7 Å². The maximum atomic E-state index is 12.6. The van der Waals surface area contributed by atoms with E-state index in [4.69, 9.17) is 9.47 Å². The molecule has 1 aliphatic heterocycles. The van der Waals surface area contributed by atoms with Crippen molar-refractivity contribution < 1.29 is 27.4 Å². The second kappa shape index (κ2) is 9.80. The third-order valence-corrected chi connectivity index (χ3v) is 4.90. The van der Waals surface area contributed by atoms with Crippen LogP contribution in [0.4, 0.5) is 19.0 Å². The third kappa shape index (κ3) is 6.09. The summed E-state index contributed by atoms with van der Waals surface area (Å²) in [6, 6.07) is 9.86. The minimum absolute atomic E-state index is 0.00335. The first-order valence-corrected chi connectivity index (χ1v) is 9.63. The largest absolute Gasteiger partial charge is 0.497 e. The number of carbonyl (C=O) groups is 1. The van der Waals surface area contributed by atoms with E-state index in [0.29, 0.717) is 38.4 Å². The predicted molar refractivity (Wildman–Crippen MR) is 105 cm³/mol. The number of anilines is 1. The number of nitrogens with zero attached hydrogens (tertiary/aromatic N) is 2. The van der Waals surface area contributed by atoms with Gasteiger partial charge in [-0.3, -0.25) is 4.79 Å². The number of carbonyl (C=O) groups excluding carboxylic acids is 1. The van der Waals surface area contributed by atoms with Crippen molar-refractivity contribution in [2.45, 2.75) is 31.7 Å². The number of ether oxygens (including phenoxy) is 2. The first-order chi connectivity index (χ1) is 14.3. The lowest BCUT2D eigenvalue weighted by atomic mass is 10.0. The molecule has 0 radical (unpaired) electrons. The van der Waals surface area contributed by atoms with Crippen LogP contribution in [0.3, 0.4) is 0 Å². The molecule has 0 saturated carbocycles. The molecule has 2 heterocycles. The molecule has 1 aromatic heterocycles. The quantitative estimate of drug-likeness (QED) is 0.740. The van der Waals surface area contributed by atoms with Gasteiger partial charge in [0.25, 0.3) is 0 Å². The number of hydrogen-bond acceptors (Lipinski definition) is 5. The highest BCUT2D eigenvalue weighted by atomic mass is 19.4. The second-order valence-corrected chi connectivity index (χ2v) is 7.08.